The Bertz CT molecular complexity index is 1190. The van der Waals surface area contributed by atoms with Crippen molar-refractivity contribution in [1.29, 1.82) is 0 Å². The van der Waals surface area contributed by atoms with Crippen LogP contribution in [0.2, 0.25) is 0 Å². The van der Waals surface area contributed by atoms with Crippen LogP contribution in [0.25, 0.3) is 11.1 Å². The van der Waals surface area contributed by atoms with E-state index in [4.69, 9.17) is 9.84 Å². The number of aliphatic carboxylic acids is 1. The van der Waals surface area contributed by atoms with Gasteiger partial charge < -0.3 is 20.1 Å². The van der Waals surface area contributed by atoms with Gasteiger partial charge in [0.2, 0.25) is 0 Å². The van der Waals surface area contributed by atoms with Crippen LogP contribution in [0.5, 0.6) is 0 Å². The van der Waals surface area contributed by atoms with Gasteiger partial charge in [-0.1, -0.05) is 67.6 Å². The summed E-state index contributed by atoms with van der Waals surface area (Å²) >= 11 is 0. The van der Waals surface area contributed by atoms with Gasteiger partial charge >= 0.3 is 12.1 Å². The maximum Gasteiger partial charge on any atom is 0.407 e. The lowest BCUT2D eigenvalue weighted by atomic mass is 9.98. The number of hydrogen-bond donors (Lipinski definition) is 2. The maximum absolute atomic E-state index is 12.5. The number of fused-ring (bicyclic) bond motifs is 3. The number of carboxylic acid groups (broad SMARTS) is 1. The monoisotopic (exact) mass is 472 g/mol. The molecule has 3 aromatic carbocycles. The van der Waals surface area contributed by atoms with E-state index in [1.54, 1.807) is 38.2 Å². The first kappa shape index (κ1) is 24.0. The van der Waals surface area contributed by atoms with Gasteiger partial charge in [-0.05, 0) is 39.9 Å². The van der Waals surface area contributed by atoms with Crippen LogP contribution in [0.4, 0.5) is 4.79 Å². The van der Waals surface area contributed by atoms with Gasteiger partial charge in [-0.3, -0.25) is 9.59 Å². The first-order valence-corrected chi connectivity index (χ1v) is 11.5. The predicted octanol–water partition coefficient (Wildman–Crippen LogP) is 4.52. The second-order valence-corrected chi connectivity index (χ2v) is 8.80. The summed E-state index contributed by atoms with van der Waals surface area (Å²) < 4.78 is 5.55. The number of carbonyl (C=O) groups excluding carboxylic acids is 2. The lowest BCUT2D eigenvalue weighted by molar-refractivity contribution is -0.141. The van der Waals surface area contributed by atoms with E-state index in [9.17, 15) is 14.4 Å². The number of nitrogens with one attached hydrogen (secondary N) is 1. The second kappa shape index (κ2) is 10.4. The van der Waals surface area contributed by atoms with Gasteiger partial charge in [0.05, 0.1) is 5.92 Å². The fourth-order valence-electron chi connectivity index (χ4n) is 4.38. The van der Waals surface area contributed by atoms with Crippen LogP contribution >= 0.6 is 0 Å². The standard InChI is InChI=1S/C28H28N2O5/c1-18(27(32)33)16-30(2)26(31)20-13-11-19(12-14-20)15-29-28(34)35-17-25-23-9-5-3-7-21(23)22-8-4-6-10-24(22)25/h3-14,18,25H,15-17H2,1-2H3,(H,29,34)(H,32,33). The molecule has 2 N–H and O–H groups in total. The summed E-state index contributed by atoms with van der Waals surface area (Å²) in [4.78, 5) is 37.3. The summed E-state index contributed by atoms with van der Waals surface area (Å²) in [5.74, 6) is -1.85. The molecular formula is C28H28N2O5. The minimum absolute atomic E-state index is 0.000666. The van der Waals surface area contributed by atoms with E-state index >= 15 is 0 Å². The quantitative estimate of drug-likeness (QED) is 0.503. The molecule has 35 heavy (non-hydrogen) atoms. The molecule has 2 amide bonds. The summed E-state index contributed by atoms with van der Waals surface area (Å²) in [6.45, 7) is 2.19. The molecule has 1 aliphatic carbocycles. The van der Waals surface area contributed by atoms with Crippen LogP contribution < -0.4 is 5.32 Å². The van der Waals surface area contributed by atoms with Crippen molar-refractivity contribution in [3.8, 4) is 11.1 Å². The zero-order valence-corrected chi connectivity index (χ0v) is 19.7. The van der Waals surface area contributed by atoms with Crippen LogP contribution in [0.15, 0.2) is 72.8 Å². The highest BCUT2D eigenvalue weighted by Gasteiger charge is 2.29. The third-order valence-electron chi connectivity index (χ3n) is 6.30. The molecule has 0 bridgehead atoms. The number of amides is 2. The minimum atomic E-state index is -0.945. The predicted molar refractivity (Wildman–Crippen MR) is 132 cm³/mol. The number of alkyl carbamates (subject to hydrolysis) is 1. The van der Waals surface area contributed by atoms with Crippen LogP contribution in [0, 0.1) is 5.92 Å². The Hall–Kier alpha value is -4.13. The van der Waals surface area contributed by atoms with Crippen LogP contribution in [0.1, 0.15) is 39.9 Å². The van der Waals surface area contributed by atoms with Gasteiger partial charge in [0.1, 0.15) is 6.61 Å². The Kier molecular flexibility index (Phi) is 7.15. The van der Waals surface area contributed by atoms with E-state index in [0.29, 0.717) is 5.56 Å². The van der Waals surface area contributed by atoms with Crippen molar-refractivity contribution in [2.75, 3.05) is 20.2 Å². The molecule has 0 heterocycles. The third kappa shape index (κ3) is 5.35. The SMILES string of the molecule is CC(CN(C)C(=O)c1ccc(CNC(=O)OCC2c3ccccc3-c3ccccc32)cc1)C(=O)O. The fourth-order valence-corrected chi connectivity index (χ4v) is 4.38. The third-order valence-corrected chi connectivity index (χ3v) is 6.30. The molecule has 0 aliphatic heterocycles. The van der Waals surface area contributed by atoms with Gasteiger partial charge in [0.15, 0.2) is 0 Å². The maximum atomic E-state index is 12.5. The van der Waals surface area contributed by atoms with E-state index in [-0.39, 0.29) is 31.5 Å². The molecule has 1 atom stereocenters. The molecule has 0 aromatic heterocycles. The Balaban J connectivity index is 1.30. The molecule has 4 rings (SSSR count). The summed E-state index contributed by atoms with van der Waals surface area (Å²) in [7, 11) is 1.58. The molecule has 0 fully saturated rings. The molecule has 0 saturated heterocycles. The topological polar surface area (TPSA) is 95.9 Å². The number of carbonyl (C=O) groups is 3. The molecule has 0 saturated carbocycles. The summed E-state index contributed by atoms with van der Waals surface area (Å²) in [5.41, 5.74) is 5.94. The molecule has 3 aromatic rings. The highest BCUT2D eigenvalue weighted by Crippen LogP contribution is 2.44. The second-order valence-electron chi connectivity index (χ2n) is 8.80. The highest BCUT2D eigenvalue weighted by atomic mass is 16.5. The molecule has 0 spiro atoms. The average Bonchev–Trinajstić information content (AvgIpc) is 3.19. The van der Waals surface area contributed by atoms with E-state index in [2.05, 4.69) is 29.6 Å². The van der Waals surface area contributed by atoms with Crippen molar-refractivity contribution in [2.45, 2.75) is 19.4 Å². The van der Waals surface area contributed by atoms with Crippen molar-refractivity contribution in [2.24, 2.45) is 5.92 Å². The molecular weight excluding hydrogens is 444 g/mol. The number of carboxylic acids is 1. The van der Waals surface area contributed by atoms with Crippen molar-refractivity contribution >= 4 is 18.0 Å². The zero-order chi connectivity index (χ0) is 24.9. The van der Waals surface area contributed by atoms with Gasteiger partial charge in [-0.2, -0.15) is 0 Å². The summed E-state index contributed by atoms with van der Waals surface area (Å²) in [5, 5.41) is 11.8. The van der Waals surface area contributed by atoms with Crippen molar-refractivity contribution in [1.82, 2.24) is 10.2 Å². The van der Waals surface area contributed by atoms with E-state index in [1.165, 1.54) is 16.0 Å². The van der Waals surface area contributed by atoms with Crippen molar-refractivity contribution in [3.63, 3.8) is 0 Å². The first-order valence-electron chi connectivity index (χ1n) is 11.5. The van der Waals surface area contributed by atoms with Crippen molar-refractivity contribution < 1.29 is 24.2 Å². The lowest BCUT2D eigenvalue weighted by Crippen LogP contribution is -2.33. The molecule has 7 heteroatoms. The van der Waals surface area contributed by atoms with Crippen LogP contribution in [0.3, 0.4) is 0 Å². The van der Waals surface area contributed by atoms with Gasteiger partial charge in [0, 0.05) is 31.6 Å². The number of nitrogens with zero attached hydrogens (tertiary/aromatic N) is 1. The molecule has 180 valence electrons. The lowest BCUT2D eigenvalue weighted by Gasteiger charge is -2.19. The van der Waals surface area contributed by atoms with E-state index < -0.39 is 18.0 Å². The van der Waals surface area contributed by atoms with E-state index in [1.807, 2.05) is 24.3 Å². The Morgan fingerprint density at radius 2 is 1.51 bits per heavy atom. The smallest absolute Gasteiger partial charge is 0.407 e. The van der Waals surface area contributed by atoms with Gasteiger partial charge in [-0.15, -0.1) is 0 Å². The molecule has 1 unspecified atom stereocenters. The van der Waals surface area contributed by atoms with Crippen LogP contribution in [-0.2, 0) is 16.1 Å². The van der Waals surface area contributed by atoms with Gasteiger partial charge in [0.25, 0.3) is 5.91 Å². The Morgan fingerprint density at radius 1 is 0.943 bits per heavy atom. The molecule has 1 aliphatic rings. The molecule has 7 nitrogen and oxygen atoms in total. The number of ether oxygens (including phenoxy) is 1. The highest BCUT2D eigenvalue weighted by molar-refractivity contribution is 5.94. The Morgan fingerprint density at radius 3 is 2.09 bits per heavy atom. The zero-order valence-electron chi connectivity index (χ0n) is 19.7. The number of hydrogen-bond acceptors (Lipinski definition) is 4. The average molecular weight is 473 g/mol. The molecule has 0 radical (unpaired) electrons. The van der Waals surface area contributed by atoms with Crippen LogP contribution in [-0.4, -0.2) is 48.2 Å². The first-order chi connectivity index (χ1) is 16.8. The summed E-state index contributed by atoms with van der Waals surface area (Å²) in [6, 6.07) is 23.2. The fraction of sp³-hybridized carbons (Fsp3) is 0.250. The number of rotatable bonds is 8. The summed E-state index contributed by atoms with van der Waals surface area (Å²) in [6.07, 6.45) is -0.505. The van der Waals surface area contributed by atoms with E-state index in [0.717, 1.165) is 16.7 Å². The minimum Gasteiger partial charge on any atom is -0.481 e. The largest absolute Gasteiger partial charge is 0.481 e. The van der Waals surface area contributed by atoms with Gasteiger partial charge in [-0.25, -0.2) is 4.79 Å². The van der Waals surface area contributed by atoms with Crippen molar-refractivity contribution in [3.05, 3.63) is 95.1 Å². The number of benzene rings is 3. The normalized spacial score (nSPS) is 12.9. The Labute approximate surface area is 204 Å².